The Bertz CT molecular complexity index is 321. The standard InChI is InChI=1S/C20H32S/c1-2-3-4-5-6-7-8-9-10-11-12-13-14-15-16-17-18-19-20-21/h6-7,9-10,12-13,15-16,20H,2-5,8,11,14,17-19H2,1H3. The van der Waals surface area contributed by atoms with Gasteiger partial charge in [0.1, 0.15) is 0 Å². The monoisotopic (exact) mass is 304 g/mol. The molecule has 0 aromatic carbocycles. The van der Waals surface area contributed by atoms with Crippen molar-refractivity contribution >= 4 is 17.6 Å². The highest BCUT2D eigenvalue weighted by atomic mass is 32.1. The molecule has 118 valence electrons. The molecule has 0 atom stereocenters. The fraction of sp³-hybridized carbons (Fsp3) is 0.550. The summed E-state index contributed by atoms with van der Waals surface area (Å²) in [7, 11) is 0. The molecule has 0 amide bonds. The summed E-state index contributed by atoms with van der Waals surface area (Å²) in [5.74, 6) is 0. The van der Waals surface area contributed by atoms with Crippen molar-refractivity contribution in [3.8, 4) is 0 Å². The molecule has 0 radical (unpaired) electrons. The molecule has 0 fully saturated rings. The second-order valence-corrected chi connectivity index (χ2v) is 5.52. The molecule has 0 unspecified atom stereocenters. The van der Waals surface area contributed by atoms with Crippen molar-refractivity contribution in [3.63, 3.8) is 0 Å². The van der Waals surface area contributed by atoms with Crippen LogP contribution in [0.25, 0.3) is 0 Å². The Morgan fingerprint density at radius 3 is 1.52 bits per heavy atom. The van der Waals surface area contributed by atoms with Crippen molar-refractivity contribution in [2.24, 2.45) is 0 Å². The zero-order chi connectivity index (χ0) is 15.4. The second-order valence-electron chi connectivity index (χ2n) is 5.19. The molecule has 0 heterocycles. The van der Waals surface area contributed by atoms with Gasteiger partial charge in [-0.3, -0.25) is 0 Å². The predicted molar refractivity (Wildman–Crippen MR) is 102 cm³/mol. The van der Waals surface area contributed by atoms with Crippen LogP contribution < -0.4 is 0 Å². The Morgan fingerprint density at radius 1 is 0.571 bits per heavy atom. The lowest BCUT2D eigenvalue weighted by atomic mass is 10.2. The number of unbranched alkanes of at least 4 members (excludes halogenated alkanes) is 5. The van der Waals surface area contributed by atoms with E-state index in [1.807, 2.05) is 5.37 Å². The first-order chi connectivity index (χ1) is 10.4. The molecule has 0 aliphatic carbocycles. The van der Waals surface area contributed by atoms with E-state index in [4.69, 9.17) is 12.2 Å². The van der Waals surface area contributed by atoms with Gasteiger partial charge in [-0.1, -0.05) is 80.6 Å². The molecule has 0 saturated carbocycles. The summed E-state index contributed by atoms with van der Waals surface area (Å²) in [4.78, 5) is 0. The number of allylic oxidation sites excluding steroid dienone is 8. The van der Waals surface area contributed by atoms with E-state index in [0.717, 1.165) is 32.1 Å². The van der Waals surface area contributed by atoms with E-state index in [0.29, 0.717) is 0 Å². The fourth-order valence-corrected chi connectivity index (χ4v) is 2.05. The van der Waals surface area contributed by atoms with E-state index in [-0.39, 0.29) is 0 Å². The third kappa shape index (κ3) is 19.0. The maximum Gasteiger partial charge on any atom is -0.0169 e. The molecule has 0 nitrogen and oxygen atoms in total. The van der Waals surface area contributed by atoms with E-state index in [1.54, 1.807) is 0 Å². The quantitative estimate of drug-likeness (QED) is 0.187. The van der Waals surface area contributed by atoms with Gasteiger partial charge in [0.05, 0.1) is 0 Å². The highest BCUT2D eigenvalue weighted by Gasteiger charge is 1.81. The van der Waals surface area contributed by atoms with Gasteiger partial charge < -0.3 is 0 Å². The van der Waals surface area contributed by atoms with E-state index >= 15 is 0 Å². The second kappa shape index (κ2) is 19.1. The third-order valence-electron chi connectivity index (χ3n) is 3.15. The molecule has 0 aromatic rings. The molecule has 21 heavy (non-hydrogen) atoms. The molecule has 0 aliphatic rings. The molecule has 0 saturated heterocycles. The first kappa shape index (κ1) is 20.1. The lowest BCUT2D eigenvalue weighted by Crippen LogP contribution is -1.71. The van der Waals surface area contributed by atoms with Crippen LogP contribution in [0, 0.1) is 0 Å². The van der Waals surface area contributed by atoms with Crippen molar-refractivity contribution in [3.05, 3.63) is 48.6 Å². The summed E-state index contributed by atoms with van der Waals surface area (Å²) in [5, 5.41) is 1.82. The zero-order valence-electron chi connectivity index (χ0n) is 13.7. The van der Waals surface area contributed by atoms with Gasteiger partial charge in [0.15, 0.2) is 0 Å². The molecule has 0 bridgehead atoms. The minimum Gasteiger partial charge on any atom is -0.0935 e. The van der Waals surface area contributed by atoms with Crippen LogP contribution in [-0.4, -0.2) is 5.37 Å². The van der Waals surface area contributed by atoms with Crippen LogP contribution in [0.3, 0.4) is 0 Å². The van der Waals surface area contributed by atoms with Gasteiger partial charge in [-0.05, 0) is 56.7 Å². The molecule has 0 N–H and O–H groups in total. The Kier molecular flexibility index (Phi) is 18.2. The maximum atomic E-state index is 4.79. The largest absolute Gasteiger partial charge is 0.0935 e. The fourth-order valence-electron chi connectivity index (χ4n) is 1.88. The van der Waals surface area contributed by atoms with Crippen molar-refractivity contribution < 1.29 is 0 Å². The first-order valence-electron chi connectivity index (χ1n) is 8.45. The van der Waals surface area contributed by atoms with Crippen molar-refractivity contribution in [1.29, 1.82) is 0 Å². The van der Waals surface area contributed by atoms with Crippen LogP contribution >= 0.6 is 12.2 Å². The molecule has 0 spiro atoms. The molecule has 0 rings (SSSR count). The van der Waals surface area contributed by atoms with Crippen molar-refractivity contribution in [2.45, 2.75) is 71.1 Å². The van der Waals surface area contributed by atoms with Gasteiger partial charge in [-0.2, -0.15) is 0 Å². The number of hydrogen-bond acceptors (Lipinski definition) is 1. The summed E-state index contributed by atoms with van der Waals surface area (Å²) in [6, 6.07) is 0. The van der Waals surface area contributed by atoms with Crippen molar-refractivity contribution in [1.82, 2.24) is 0 Å². The maximum absolute atomic E-state index is 4.79. The topological polar surface area (TPSA) is 0 Å². The van der Waals surface area contributed by atoms with Gasteiger partial charge in [-0.25, -0.2) is 0 Å². The van der Waals surface area contributed by atoms with E-state index in [9.17, 15) is 0 Å². The summed E-state index contributed by atoms with van der Waals surface area (Å²) in [6.07, 6.45) is 29.8. The smallest absolute Gasteiger partial charge is 0.0169 e. The van der Waals surface area contributed by atoms with Crippen LogP contribution in [0.4, 0.5) is 0 Å². The van der Waals surface area contributed by atoms with E-state index in [1.165, 1.54) is 32.1 Å². The third-order valence-corrected chi connectivity index (χ3v) is 3.39. The van der Waals surface area contributed by atoms with Gasteiger partial charge in [-0.15, -0.1) is 0 Å². The Hall–Kier alpha value is -0.950. The van der Waals surface area contributed by atoms with Gasteiger partial charge in [0.2, 0.25) is 0 Å². The lowest BCUT2D eigenvalue weighted by Gasteiger charge is -1.90. The molecule has 1 heteroatoms. The number of thiocarbonyl (C=S) groups is 1. The van der Waals surface area contributed by atoms with Crippen LogP contribution in [-0.2, 0) is 0 Å². The molecular weight excluding hydrogens is 272 g/mol. The highest BCUT2D eigenvalue weighted by molar-refractivity contribution is 7.78. The summed E-state index contributed by atoms with van der Waals surface area (Å²) in [5.41, 5.74) is 0. The minimum atomic E-state index is 1.04. The molecule has 0 aromatic heterocycles. The Labute approximate surface area is 137 Å². The van der Waals surface area contributed by atoms with Crippen LogP contribution in [0.5, 0.6) is 0 Å². The van der Waals surface area contributed by atoms with Gasteiger partial charge in [0.25, 0.3) is 0 Å². The average molecular weight is 305 g/mol. The molecule has 0 aliphatic heterocycles. The van der Waals surface area contributed by atoms with Gasteiger partial charge >= 0.3 is 0 Å². The van der Waals surface area contributed by atoms with Crippen LogP contribution in [0.1, 0.15) is 71.1 Å². The number of rotatable bonds is 14. The predicted octanol–water partition coefficient (Wildman–Crippen LogP) is 7.13. The Balaban J connectivity index is 3.37. The van der Waals surface area contributed by atoms with Gasteiger partial charge in [0, 0.05) is 0 Å². The van der Waals surface area contributed by atoms with E-state index < -0.39 is 0 Å². The normalized spacial score (nSPS) is 12.4. The summed E-state index contributed by atoms with van der Waals surface area (Å²) in [6.45, 7) is 2.25. The lowest BCUT2D eigenvalue weighted by molar-refractivity contribution is 0.728. The Morgan fingerprint density at radius 2 is 1.05 bits per heavy atom. The van der Waals surface area contributed by atoms with Crippen LogP contribution in [0.2, 0.25) is 0 Å². The number of hydrogen-bond donors (Lipinski definition) is 0. The highest BCUT2D eigenvalue weighted by Crippen LogP contribution is 2.01. The van der Waals surface area contributed by atoms with E-state index in [2.05, 4.69) is 55.5 Å². The summed E-state index contributed by atoms with van der Waals surface area (Å²) < 4.78 is 0. The van der Waals surface area contributed by atoms with Crippen LogP contribution in [0.15, 0.2) is 48.6 Å². The van der Waals surface area contributed by atoms with Crippen molar-refractivity contribution in [2.75, 3.05) is 0 Å². The average Bonchev–Trinajstić information content (AvgIpc) is 2.50. The summed E-state index contributed by atoms with van der Waals surface area (Å²) >= 11 is 4.79. The minimum absolute atomic E-state index is 1.04. The molecular formula is C20H32S. The zero-order valence-corrected chi connectivity index (χ0v) is 14.5. The first-order valence-corrected chi connectivity index (χ1v) is 8.92. The SMILES string of the molecule is CCCCCC=CCC=CCC=CCC=CCCCC=S.